The number of rotatable bonds is 5. The number of carbonyl (C=O) groups is 1. The molecule has 1 fully saturated rings. The topological polar surface area (TPSA) is 45.2 Å². The van der Waals surface area contributed by atoms with Crippen molar-refractivity contribution < 1.29 is 4.79 Å². The number of nitrogens with zero attached hydrogens (tertiary/aromatic N) is 2. The number of fused-ring (bicyclic) bond motifs is 1. The van der Waals surface area contributed by atoms with Crippen LogP contribution in [0.15, 0.2) is 48.5 Å². The van der Waals surface area contributed by atoms with Gasteiger partial charge < -0.3 is 5.32 Å². The van der Waals surface area contributed by atoms with Crippen molar-refractivity contribution in [1.29, 1.82) is 0 Å². The van der Waals surface area contributed by atoms with E-state index in [0.29, 0.717) is 18.1 Å². The Hall–Kier alpha value is -1.95. The third-order valence-corrected chi connectivity index (χ3v) is 6.25. The van der Waals surface area contributed by atoms with Crippen LogP contribution in [0.5, 0.6) is 0 Å². The molecule has 0 unspecified atom stereocenters. The minimum atomic E-state index is 0.0259. The molecule has 4 nitrogen and oxygen atoms in total. The molecule has 0 saturated carbocycles. The summed E-state index contributed by atoms with van der Waals surface area (Å²) in [5.41, 5.74) is 1.98. The summed E-state index contributed by atoms with van der Waals surface area (Å²) < 4.78 is 1.21. The molecular formula is C20H20ClN3OS. The summed E-state index contributed by atoms with van der Waals surface area (Å²) in [7, 11) is 0. The first-order valence-electron chi connectivity index (χ1n) is 8.80. The molecule has 134 valence electrons. The minimum absolute atomic E-state index is 0.0259. The zero-order valence-electron chi connectivity index (χ0n) is 14.3. The van der Waals surface area contributed by atoms with Crippen molar-refractivity contribution in [1.82, 2.24) is 15.2 Å². The Labute approximate surface area is 161 Å². The number of amides is 1. The fraction of sp³-hybridized carbons (Fsp3) is 0.300. The van der Waals surface area contributed by atoms with Crippen molar-refractivity contribution in [2.75, 3.05) is 13.1 Å². The monoisotopic (exact) mass is 385 g/mol. The summed E-state index contributed by atoms with van der Waals surface area (Å²) >= 11 is 7.89. The molecule has 1 amide bonds. The molecule has 1 atom stereocenters. The van der Waals surface area contributed by atoms with Crippen LogP contribution < -0.4 is 5.32 Å². The number of carbonyl (C=O) groups excluding carboxylic acids is 1. The molecule has 1 N–H and O–H groups in total. The van der Waals surface area contributed by atoms with Gasteiger partial charge in [-0.3, -0.25) is 9.69 Å². The molecule has 0 aliphatic carbocycles. The summed E-state index contributed by atoms with van der Waals surface area (Å²) in [5, 5.41) is 4.78. The van der Waals surface area contributed by atoms with E-state index in [0.717, 1.165) is 35.5 Å². The lowest BCUT2D eigenvalue weighted by Crippen LogP contribution is -2.36. The Kier molecular flexibility index (Phi) is 5.20. The molecule has 0 spiro atoms. The molecular weight excluding hydrogens is 366 g/mol. The highest BCUT2D eigenvalue weighted by atomic mass is 35.5. The first kappa shape index (κ1) is 17.5. The van der Waals surface area contributed by atoms with Gasteiger partial charge in [0.2, 0.25) is 5.91 Å². The van der Waals surface area contributed by atoms with E-state index in [1.54, 1.807) is 11.3 Å². The number of para-hydroxylation sites is 1. The third-order valence-electron chi connectivity index (χ3n) is 4.74. The van der Waals surface area contributed by atoms with Gasteiger partial charge in [0, 0.05) is 11.6 Å². The first-order valence-corrected chi connectivity index (χ1v) is 10.00. The molecule has 3 aromatic rings. The molecule has 6 heteroatoms. The lowest BCUT2D eigenvalue weighted by Gasteiger charge is -2.22. The number of likely N-dealkylation sites (tertiary alicyclic amines) is 1. The molecule has 4 rings (SSSR count). The molecule has 0 radical (unpaired) electrons. The zero-order chi connectivity index (χ0) is 17.9. The highest BCUT2D eigenvalue weighted by Crippen LogP contribution is 2.36. The third kappa shape index (κ3) is 3.75. The van der Waals surface area contributed by atoms with Gasteiger partial charge in [0.05, 0.1) is 22.8 Å². The van der Waals surface area contributed by atoms with Crippen LogP contribution in [-0.2, 0) is 11.3 Å². The van der Waals surface area contributed by atoms with E-state index >= 15 is 0 Å². The van der Waals surface area contributed by atoms with Crippen molar-refractivity contribution in [2.45, 2.75) is 25.4 Å². The predicted molar refractivity (Wildman–Crippen MR) is 106 cm³/mol. The molecule has 0 bridgehead atoms. The maximum absolute atomic E-state index is 12.4. The Morgan fingerprint density at radius 1 is 1.23 bits per heavy atom. The van der Waals surface area contributed by atoms with Crippen molar-refractivity contribution in [3.63, 3.8) is 0 Å². The summed E-state index contributed by atoms with van der Waals surface area (Å²) in [5.74, 6) is 0.0259. The van der Waals surface area contributed by atoms with E-state index in [1.807, 2.05) is 42.5 Å². The second-order valence-corrected chi connectivity index (χ2v) is 7.99. The van der Waals surface area contributed by atoms with Crippen LogP contribution in [0.4, 0.5) is 0 Å². The number of halogens is 1. The van der Waals surface area contributed by atoms with Crippen molar-refractivity contribution in [3.8, 4) is 0 Å². The van der Waals surface area contributed by atoms with Gasteiger partial charge in [-0.25, -0.2) is 4.98 Å². The second kappa shape index (κ2) is 7.74. The normalized spacial score (nSPS) is 17.7. The van der Waals surface area contributed by atoms with Crippen molar-refractivity contribution >= 4 is 39.1 Å². The van der Waals surface area contributed by atoms with Gasteiger partial charge >= 0.3 is 0 Å². The highest BCUT2D eigenvalue weighted by Gasteiger charge is 2.29. The SMILES string of the molecule is O=C(CN1CCC[C@@H]1c1nc2ccccc2s1)NCc1ccccc1Cl. The van der Waals surface area contributed by atoms with Crippen LogP contribution in [0.3, 0.4) is 0 Å². The van der Waals surface area contributed by atoms with Gasteiger partial charge in [0.25, 0.3) is 0 Å². The molecule has 2 aromatic carbocycles. The van der Waals surface area contributed by atoms with Crippen molar-refractivity contribution in [3.05, 3.63) is 64.1 Å². The molecule has 26 heavy (non-hydrogen) atoms. The van der Waals surface area contributed by atoms with Crippen LogP contribution in [0.1, 0.15) is 29.5 Å². The van der Waals surface area contributed by atoms with Gasteiger partial charge in [-0.1, -0.05) is 41.9 Å². The Morgan fingerprint density at radius 3 is 2.88 bits per heavy atom. The quantitative estimate of drug-likeness (QED) is 0.707. The average Bonchev–Trinajstić information content (AvgIpc) is 3.27. The van der Waals surface area contributed by atoms with E-state index in [1.165, 1.54) is 4.70 Å². The lowest BCUT2D eigenvalue weighted by atomic mass is 10.2. The predicted octanol–water partition coefficient (Wildman–Crippen LogP) is 4.40. The van der Waals surface area contributed by atoms with E-state index in [-0.39, 0.29) is 11.9 Å². The number of hydrogen-bond acceptors (Lipinski definition) is 4. The molecule has 1 aliphatic rings. The van der Waals surface area contributed by atoms with Crippen LogP contribution in [0.25, 0.3) is 10.2 Å². The largest absolute Gasteiger partial charge is 0.351 e. The van der Waals surface area contributed by atoms with E-state index < -0.39 is 0 Å². The fourth-order valence-electron chi connectivity index (χ4n) is 3.40. The number of aromatic nitrogens is 1. The zero-order valence-corrected chi connectivity index (χ0v) is 15.9. The summed E-state index contributed by atoms with van der Waals surface area (Å²) in [6.45, 7) is 1.78. The first-order chi connectivity index (χ1) is 12.7. The van der Waals surface area contributed by atoms with Gasteiger partial charge in [-0.15, -0.1) is 11.3 Å². The number of hydrogen-bond donors (Lipinski definition) is 1. The maximum Gasteiger partial charge on any atom is 0.234 e. The Balaban J connectivity index is 1.40. The Bertz CT molecular complexity index is 893. The van der Waals surface area contributed by atoms with Crippen LogP contribution >= 0.6 is 22.9 Å². The van der Waals surface area contributed by atoms with Crippen LogP contribution in [0.2, 0.25) is 5.02 Å². The van der Waals surface area contributed by atoms with Gasteiger partial charge in [0.1, 0.15) is 5.01 Å². The van der Waals surface area contributed by atoms with Gasteiger partial charge in [-0.2, -0.15) is 0 Å². The second-order valence-electron chi connectivity index (χ2n) is 6.52. The number of nitrogens with one attached hydrogen (secondary N) is 1. The molecule has 1 saturated heterocycles. The summed E-state index contributed by atoms with van der Waals surface area (Å²) in [6.07, 6.45) is 2.15. The maximum atomic E-state index is 12.4. The fourth-order valence-corrected chi connectivity index (χ4v) is 4.74. The summed E-state index contributed by atoms with van der Waals surface area (Å²) in [6, 6.07) is 16.0. The molecule has 1 aliphatic heterocycles. The van der Waals surface area contributed by atoms with E-state index in [9.17, 15) is 4.79 Å². The van der Waals surface area contributed by atoms with Crippen LogP contribution in [0, 0.1) is 0 Å². The highest BCUT2D eigenvalue weighted by molar-refractivity contribution is 7.18. The van der Waals surface area contributed by atoms with E-state index in [4.69, 9.17) is 16.6 Å². The molecule has 1 aromatic heterocycles. The lowest BCUT2D eigenvalue weighted by molar-refractivity contribution is -0.122. The number of benzene rings is 2. The molecule has 2 heterocycles. The van der Waals surface area contributed by atoms with Gasteiger partial charge in [-0.05, 0) is 43.1 Å². The average molecular weight is 386 g/mol. The van der Waals surface area contributed by atoms with Gasteiger partial charge in [0.15, 0.2) is 0 Å². The standard InChI is InChI=1S/C20H20ClN3OS/c21-15-7-2-1-6-14(15)12-22-19(25)13-24-11-5-9-17(24)20-23-16-8-3-4-10-18(16)26-20/h1-4,6-8,10,17H,5,9,11-13H2,(H,22,25)/t17-/m1/s1. The number of thiazole rings is 1. The smallest absolute Gasteiger partial charge is 0.234 e. The Morgan fingerprint density at radius 2 is 2.04 bits per heavy atom. The van der Waals surface area contributed by atoms with E-state index in [2.05, 4.69) is 16.3 Å². The summed E-state index contributed by atoms with van der Waals surface area (Å²) in [4.78, 5) is 19.4. The van der Waals surface area contributed by atoms with Crippen LogP contribution in [-0.4, -0.2) is 28.9 Å². The minimum Gasteiger partial charge on any atom is -0.351 e. The van der Waals surface area contributed by atoms with Crippen molar-refractivity contribution in [2.24, 2.45) is 0 Å².